The van der Waals surface area contributed by atoms with E-state index in [1.165, 1.54) is 0 Å². The fourth-order valence-corrected chi connectivity index (χ4v) is 21.0. The quantitative estimate of drug-likeness (QED) is 0.574. The molecule has 0 aliphatic carbocycles. The second kappa shape index (κ2) is 4.51. The second-order valence-corrected chi connectivity index (χ2v) is 18.8. The zero-order valence-corrected chi connectivity index (χ0v) is 11.9. The molecule has 1 heterocycles. The van der Waals surface area contributed by atoms with Crippen LogP contribution in [0.15, 0.2) is 4.85 Å². The van der Waals surface area contributed by atoms with Gasteiger partial charge in [0.25, 0.3) is 0 Å². The van der Waals surface area contributed by atoms with Gasteiger partial charge in [0, 0.05) is 0 Å². The minimum atomic E-state index is -1.63. The minimum Gasteiger partial charge on any atom is -1.00 e. The summed E-state index contributed by atoms with van der Waals surface area (Å²) in [4.78, 5) is 4.32. The SMILES string of the molecule is C[NH+]1N=P(C)(Cl)P=P(C)(Cl)N1.[Cl-]. The molecular weight excluding hydrogens is 277 g/mol. The standard InChI is InChI=1S/C3H10Cl2N3P3.ClH/c1-8-6-10(2,4)9-11(3,5)7-8;/h6H,1-3H3;1H. The minimum absolute atomic E-state index is 0. The first-order chi connectivity index (χ1) is 4.81. The van der Waals surface area contributed by atoms with E-state index in [2.05, 4.69) is 10.1 Å². The molecule has 3 nitrogen and oxygen atoms in total. The Balaban J connectivity index is 0.00000121. The average molecular weight is 288 g/mol. The molecule has 0 aromatic rings. The van der Waals surface area contributed by atoms with E-state index in [9.17, 15) is 0 Å². The summed E-state index contributed by atoms with van der Waals surface area (Å²) >= 11 is 12.4. The van der Waals surface area contributed by atoms with Gasteiger partial charge in [-0.2, -0.15) is 0 Å². The van der Waals surface area contributed by atoms with Crippen LogP contribution in [0, 0.1) is 0 Å². The Labute approximate surface area is 90.1 Å². The molecule has 0 fully saturated rings. The Morgan fingerprint density at radius 2 is 1.92 bits per heavy atom. The van der Waals surface area contributed by atoms with E-state index in [0.717, 1.165) is 12.7 Å². The van der Waals surface area contributed by atoms with Crippen LogP contribution in [0.4, 0.5) is 0 Å². The maximum absolute atomic E-state index is 6.20. The highest BCUT2D eigenvalue weighted by molar-refractivity contribution is 8.52. The van der Waals surface area contributed by atoms with Crippen LogP contribution in [0.3, 0.4) is 0 Å². The van der Waals surface area contributed by atoms with Crippen molar-refractivity contribution in [3.05, 3.63) is 0 Å². The molecule has 3 unspecified atom stereocenters. The van der Waals surface area contributed by atoms with Gasteiger partial charge in [0.1, 0.15) is 13.1 Å². The lowest BCUT2D eigenvalue weighted by molar-refractivity contribution is -0.916. The lowest BCUT2D eigenvalue weighted by Crippen LogP contribution is -3.10. The maximum Gasteiger partial charge on any atom is 0.162 e. The van der Waals surface area contributed by atoms with E-state index >= 15 is 0 Å². The van der Waals surface area contributed by atoms with Crippen molar-refractivity contribution in [3.63, 3.8) is 0 Å². The number of nitrogens with one attached hydrogen (secondary N) is 2. The molecule has 0 spiro atoms. The highest BCUT2D eigenvalue weighted by Gasteiger charge is 2.25. The Morgan fingerprint density at radius 1 is 1.42 bits per heavy atom. The third-order valence-corrected chi connectivity index (χ3v) is 15.7. The van der Waals surface area contributed by atoms with E-state index in [-0.39, 0.29) is 12.4 Å². The van der Waals surface area contributed by atoms with Crippen molar-refractivity contribution in [2.45, 2.75) is 0 Å². The van der Waals surface area contributed by atoms with Gasteiger partial charge in [-0.15, -0.1) is 10.3 Å². The van der Waals surface area contributed by atoms with Gasteiger partial charge < -0.3 is 12.4 Å². The van der Waals surface area contributed by atoms with Crippen LogP contribution in [0.25, 0.3) is 0 Å². The summed E-state index contributed by atoms with van der Waals surface area (Å²) in [5.41, 5.74) is 0. The van der Waals surface area contributed by atoms with Crippen molar-refractivity contribution in [1.29, 1.82) is 0 Å². The van der Waals surface area contributed by atoms with E-state index in [4.69, 9.17) is 22.5 Å². The molecule has 74 valence electrons. The average Bonchev–Trinajstić information content (AvgIpc) is 1.49. The fraction of sp³-hybridized carbons (Fsp3) is 1.00. The lowest BCUT2D eigenvalue weighted by atomic mass is 11.4. The zero-order chi connectivity index (χ0) is 8.70. The maximum atomic E-state index is 6.20. The van der Waals surface area contributed by atoms with Crippen molar-refractivity contribution >= 4 is 42.2 Å². The van der Waals surface area contributed by atoms with Crippen LogP contribution in [-0.4, -0.2) is 20.4 Å². The molecule has 0 amide bonds. The van der Waals surface area contributed by atoms with E-state index in [1.807, 2.05) is 20.4 Å². The molecule has 0 saturated heterocycles. The molecule has 0 radical (unpaired) electrons. The smallest absolute Gasteiger partial charge is 0.162 e. The normalized spacial score (nSPS) is 48.2. The first-order valence-electron chi connectivity index (χ1n) is 3.03. The van der Waals surface area contributed by atoms with Gasteiger partial charge in [-0.3, -0.25) is 0 Å². The molecule has 1 aliphatic heterocycles. The largest absolute Gasteiger partial charge is 1.00 e. The van der Waals surface area contributed by atoms with Crippen LogP contribution in [0.1, 0.15) is 0 Å². The van der Waals surface area contributed by atoms with Gasteiger partial charge in [-0.05, 0) is 20.9 Å². The number of hydrogen-bond acceptors (Lipinski definition) is 2. The fourth-order valence-electron chi connectivity index (χ4n) is 0.940. The van der Waals surface area contributed by atoms with E-state index in [1.54, 1.807) is 0 Å². The number of hydrogen-bond donors (Lipinski definition) is 2. The van der Waals surface area contributed by atoms with Crippen molar-refractivity contribution in [1.82, 2.24) is 5.20 Å². The zero-order valence-electron chi connectivity index (χ0n) is 6.92. The van der Waals surface area contributed by atoms with Crippen LogP contribution in [0.5, 0.6) is 0 Å². The molecule has 1 aliphatic rings. The monoisotopic (exact) mass is 287 g/mol. The Morgan fingerprint density at radius 3 is 2.25 bits per heavy atom. The van der Waals surface area contributed by atoms with Gasteiger partial charge >= 0.3 is 0 Å². The predicted molar refractivity (Wildman–Crippen MR) is 56.8 cm³/mol. The highest BCUT2D eigenvalue weighted by atomic mass is 35.7. The lowest BCUT2D eigenvalue weighted by Gasteiger charge is -2.23. The van der Waals surface area contributed by atoms with Crippen LogP contribution < -0.4 is 22.7 Å². The van der Waals surface area contributed by atoms with Gasteiger partial charge in [0.2, 0.25) is 0 Å². The van der Waals surface area contributed by atoms with Crippen LogP contribution in [0.2, 0.25) is 0 Å². The summed E-state index contributed by atoms with van der Waals surface area (Å²) in [6.45, 7) is 4.01. The van der Waals surface area contributed by atoms with Gasteiger partial charge in [-0.1, -0.05) is 27.3 Å². The molecule has 0 bridgehead atoms. The first-order valence-corrected chi connectivity index (χ1v) is 11.6. The Hall–Kier alpha value is 1.75. The van der Waals surface area contributed by atoms with Crippen molar-refractivity contribution in [2.75, 3.05) is 20.4 Å². The number of halogens is 3. The number of rotatable bonds is 0. The summed E-state index contributed by atoms with van der Waals surface area (Å²) in [6, 6.07) is -1.53. The van der Waals surface area contributed by atoms with Gasteiger partial charge in [-0.25, -0.2) is 0 Å². The molecule has 0 saturated carbocycles. The molecule has 2 N–H and O–H groups in total. The molecule has 3 atom stereocenters. The molecule has 1 rings (SSSR count). The summed E-state index contributed by atoms with van der Waals surface area (Å²) in [7, 11) is 3.01. The second-order valence-electron chi connectivity index (χ2n) is 2.55. The molecule has 12 heavy (non-hydrogen) atoms. The van der Waals surface area contributed by atoms with Crippen LogP contribution >= 0.6 is 42.2 Å². The summed E-state index contributed by atoms with van der Waals surface area (Å²) in [5.74, 6) is 0. The Bertz CT molecular complexity index is 265. The van der Waals surface area contributed by atoms with Crippen LogP contribution in [-0.2, 0) is 0 Å². The highest BCUT2D eigenvalue weighted by Crippen LogP contribution is 2.75. The molecular formula is C3H11Cl3N3P3. The molecule has 0 aromatic carbocycles. The van der Waals surface area contributed by atoms with Gasteiger partial charge in [0.05, 0.1) is 0 Å². The molecule has 0 aromatic heterocycles. The van der Waals surface area contributed by atoms with Crippen molar-refractivity contribution in [2.24, 2.45) is 4.85 Å². The van der Waals surface area contributed by atoms with E-state index in [0.29, 0.717) is 0 Å². The summed E-state index contributed by atoms with van der Waals surface area (Å²) in [6.07, 6.45) is -1.63. The number of quaternary nitrogens is 1. The first kappa shape index (κ1) is 13.8. The Kier molecular flexibility index (Phi) is 5.17. The molecule has 9 heteroatoms. The predicted octanol–water partition coefficient (Wildman–Crippen LogP) is -0.585. The summed E-state index contributed by atoms with van der Waals surface area (Å²) < 4.78 is 0. The van der Waals surface area contributed by atoms with Crippen molar-refractivity contribution in [3.8, 4) is 0 Å². The summed E-state index contributed by atoms with van der Waals surface area (Å²) in [5, 5.41) is 4.06. The third-order valence-electron chi connectivity index (χ3n) is 1.03. The van der Waals surface area contributed by atoms with Crippen molar-refractivity contribution < 1.29 is 17.5 Å². The number of nitrogens with zero attached hydrogens (tertiary/aromatic N) is 1. The van der Waals surface area contributed by atoms with E-state index < -0.39 is 12.1 Å². The third kappa shape index (κ3) is 4.31. The van der Waals surface area contributed by atoms with Gasteiger partial charge in [0.15, 0.2) is 6.10 Å². The topological polar surface area (TPSA) is 28.8 Å².